The molecule has 0 amide bonds. The van der Waals surface area contributed by atoms with Crippen molar-refractivity contribution < 1.29 is 19.4 Å². The van der Waals surface area contributed by atoms with E-state index in [0.29, 0.717) is 12.2 Å². The third-order valence-corrected chi connectivity index (χ3v) is 1.52. The largest absolute Gasteiger partial charge is 0.478 e. The number of hydrogen-bond donors (Lipinski definition) is 1. The van der Waals surface area contributed by atoms with Gasteiger partial charge in [-0.1, -0.05) is 12.2 Å². The Morgan fingerprint density at radius 1 is 1.21 bits per heavy atom. The van der Waals surface area contributed by atoms with Gasteiger partial charge in [0.05, 0.1) is 6.61 Å². The molecule has 0 saturated heterocycles. The van der Waals surface area contributed by atoms with Gasteiger partial charge in [0, 0.05) is 11.1 Å². The highest BCUT2D eigenvalue weighted by Crippen LogP contribution is 2.00. The summed E-state index contributed by atoms with van der Waals surface area (Å²) in [5, 5.41) is 8.52. The summed E-state index contributed by atoms with van der Waals surface area (Å²) in [6.45, 7) is 5.05. The molecule has 0 fully saturated rings. The number of rotatable bonds is 4. The molecule has 0 aromatic heterocycles. The highest BCUT2D eigenvalue weighted by atomic mass is 16.5. The summed E-state index contributed by atoms with van der Waals surface area (Å²) in [6, 6.07) is 0. The van der Waals surface area contributed by atoms with E-state index in [1.807, 2.05) is 0 Å². The molecule has 4 nitrogen and oxygen atoms in total. The Hall–Kier alpha value is -1.58. The molecule has 0 unspecified atom stereocenters. The van der Waals surface area contributed by atoms with E-state index >= 15 is 0 Å². The topological polar surface area (TPSA) is 63.6 Å². The molecule has 0 spiro atoms. The lowest BCUT2D eigenvalue weighted by Gasteiger charge is -1.99. The standard InChI is InChI=1S/C10H14O4/c1-4-14-10(13)8(3)6-5-7(2)9(11)12/h5-6H,4H2,1-3H3,(H,11,12)/b7-5+,8-6+. The zero-order valence-electron chi connectivity index (χ0n) is 8.53. The van der Waals surface area contributed by atoms with Gasteiger partial charge in [0.1, 0.15) is 0 Å². The molecular formula is C10H14O4. The Morgan fingerprint density at radius 3 is 2.14 bits per heavy atom. The van der Waals surface area contributed by atoms with Crippen LogP contribution in [0.5, 0.6) is 0 Å². The first-order valence-corrected chi connectivity index (χ1v) is 4.24. The number of carboxylic acid groups (broad SMARTS) is 1. The highest BCUT2D eigenvalue weighted by molar-refractivity contribution is 5.89. The molecule has 0 aliphatic rings. The van der Waals surface area contributed by atoms with Crippen LogP contribution in [0.15, 0.2) is 23.3 Å². The van der Waals surface area contributed by atoms with Crippen LogP contribution in [0.25, 0.3) is 0 Å². The predicted octanol–water partition coefficient (Wildman–Crippen LogP) is 1.53. The minimum atomic E-state index is -1.00. The second-order valence-electron chi connectivity index (χ2n) is 2.72. The molecule has 4 heteroatoms. The van der Waals surface area contributed by atoms with E-state index < -0.39 is 11.9 Å². The summed E-state index contributed by atoms with van der Waals surface area (Å²) in [4.78, 5) is 21.5. The maximum absolute atomic E-state index is 11.1. The fraction of sp³-hybridized carbons (Fsp3) is 0.400. The second kappa shape index (κ2) is 5.96. The van der Waals surface area contributed by atoms with Crippen LogP contribution in [0.3, 0.4) is 0 Å². The Balaban J connectivity index is 4.46. The number of carbonyl (C=O) groups excluding carboxylic acids is 1. The van der Waals surface area contributed by atoms with Crippen molar-refractivity contribution in [1.29, 1.82) is 0 Å². The van der Waals surface area contributed by atoms with E-state index in [9.17, 15) is 9.59 Å². The maximum Gasteiger partial charge on any atom is 0.333 e. The van der Waals surface area contributed by atoms with Gasteiger partial charge in [0.15, 0.2) is 0 Å². The van der Waals surface area contributed by atoms with E-state index in [1.165, 1.54) is 19.1 Å². The minimum Gasteiger partial charge on any atom is -0.478 e. The molecule has 0 rings (SSSR count). The SMILES string of the molecule is CCOC(=O)/C(C)=C/C=C(\C)C(=O)O. The average Bonchev–Trinajstić information content (AvgIpc) is 2.13. The molecule has 1 N–H and O–H groups in total. The van der Waals surface area contributed by atoms with Gasteiger partial charge < -0.3 is 9.84 Å². The molecule has 0 bridgehead atoms. The van der Waals surface area contributed by atoms with Gasteiger partial charge in [-0.25, -0.2) is 9.59 Å². The van der Waals surface area contributed by atoms with Gasteiger partial charge in [0.25, 0.3) is 0 Å². The van der Waals surface area contributed by atoms with E-state index in [-0.39, 0.29) is 5.57 Å². The fourth-order valence-electron chi connectivity index (χ4n) is 0.634. The quantitative estimate of drug-likeness (QED) is 0.422. The van der Waals surface area contributed by atoms with Gasteiger partial charge in [-0.05, 0) is 20.8 Å². The Labute approximate surface area is 82.9 Å². The van der Waals surface area contributed by atoms with Gasteiger partial charge in [0.2, 0.25) is 0 Å². The zero-order valence-corrected chi connectivity index (χ0v) is 8.53. The van der Waals surface area contributed by atoms with Crippen LogP contribution in [0.1, 0.15) is 20.8 Å². The van der Waals surface area contributed by atoms with Crippen molar-refractivity contribution in [2.75, 3.05) is 6.61 Å². The lowest BCUT2D eigenvalue weighted by molar-refractivity contribution is -0.138. The van der Waals surface area contributed by atoms with Gasteiger partial charge >= 0.3 is 11.9 Å². The van der Waals surface area contributed by atoms with Crippen LogP contribution in [0.2, 0.25) is 0 Å². The smallest absolute Gasteiger partial charge is 0.333 e. The highest BCUT2D eigenvalue weighted by Gasteiger charge is 2.03. The van der Waals surface area contributed by atoms with Crippen molar-refractivity contribution in [3.8, 4) is 0 Å². The van der Waals surface area contributed by atoms with Gasteiger partial charge in [-0.3, -0.25) is 0 Å². The molecule has 0 aromatic carbocycles. The second-order valence-corrected chi connectivity index (χ2v) is 2.72. The molecule has 0 atom stereocenters. The number of esters is 1. The van der Waals surface area contributed by atoms with Crippen LogP contribution in [-0.4, -0.2) is 23.7 Å². The molecule has 0 aromatic rings. The Morgan fingerprint density at radius 2 is 1.71 bits per heavy atom. The molecule has 0 heterocycles. The third kappa shape index (κ3) is 4.45. The minimum absolute atomic E-state index is 0.175. The molecule has 78 valence electrons. The average molecular weight is 198 g/mol. The molecule has 0 aliphatic heterocycles. The summed E-state index contributed by atoms with van der Waals surface area (Å²) in [6.07, 6.45) is 2.80. The lowest BCUT2D eigenvalue weighted by atomic mass is 10.2. The molecular weight excluding hydrogens is 184 g/mol. The first-order valence-electron chi connectivity index (χ1n) is 4.24. The molecule has 0 aliphatic carbocycles. The summed E-state index contributed by atoms with van der Waals surface area (Å²) < 4.78 is 4.71. The Bertz CT molecular complexity index is 286. The first-order chi connectivity index (χ1) is 6.49. The van der Waals surface area contributed by atoms with Crippen molar-refractivity contribution >= 4 is 11.9 Å². The van der Waals surface area contributed by atoms with E-state index in [2.05, 4.69) is 0 Å². The summed E-state index contributed by atoms with van der Waals surface area (Å²) >= 11 is 0. The first kappa shape index (κ1) is 12.4. The van der Waals surface area contributed by atoms with Crippen LogP contribution < -0.4 is 0 Å². The van der Waals surface area contributed by atoms with Crippen molar-refractivity contribution in [1.82, 2.24) is 0 Å². The Kier molecular flexibility index (Phi) is 5.29. The van der Waals surface area contributed by atoms with Crippen LogP contribution >= 0.6 is 0 Å². The number of hydrogen-bond acceptors (Lipinski definition) is 3. The number of allylic oxidation sites excluding steroid dienone is 2. The molecule has 0 radical (unpaired) electrons. The van der Waals surface area contributed by atoms with Crippen molar-refractivity contribution in [2.24, 2.45) is 0 Å². The molecule has 0 saturated carbocycles. The zero-order chi connectivity index (χ0) is 11.1. The van der Waals surface area contributed by atoms with Crippen molar-refractivity contribution in [3.63, 3.8) is 0 Å². The monoisotopic (exact) mass is 198 g/mol. The van der Waals surface area contributed by atoms with Crippen LogP contribution in [-0.2, 0) is 14.3 Å². The number of ether oxygens (including phenoxy) is 1. The van der Waals surface area contributed by atoms with Crippen molar-refractivity contribution in [3.05, 3.63) is 23.3 Å². The van der Waals surface area contributed by atoms with Crippen molar-refractivity contribution in [2.45, 2.75) is 20.8 Å². The van der Waals surface area contributed by atoms with Crippen LogP contribution in [0.4, 0.5) is 0 Å². The third-order valence-electron chi connectivity index (χ3n) is 1.52. The van der Waals surface area contributed by atoms with Crippen LogP contribution in [0, 0.1) is 0 Å². The summed E-state index contributed by atoms with van der Waals surface area (Å²) in [7, 11) is 0. The lowest BCUT2D eigenvalue weighted by Crippen LogP contribution is -2.04. The number of aliphatic carboxylic acids is 1. The van der Waals surface area contributed by atoms with E-state index in [4.69, 9.17) is 9.84 Å². The normalized spacial score (nSPS) is 12.5. The van der Waals surface area contributed by atoms with Gasteiger partial charge in [-0.2, -0.15) is 0 Å². The van der Waals surface area contributed by atoms with E-state index in [1.54, 1.807) is 13.8 Å². The number of carboxylic acids is 1. The van der Waals surface area contributed by atoms with Gasteiger partial charge in [-0.15, -0.1) is 0 Å². The molecule has 14 heavy (non-hydrogen) atoms. The fourth-order valence-corrected chi connectivity index (χ4v) is 0.634. The summed E-state index contributed by atoms with van der Waals surface area (Å²) in [5.41, 5.74) is 0.557. The predicted molar refractivity (Wildman–Crippen MR) is 51.8 cm³/mol. The maximum atomic E-state index is 11.1. The van der Waals surface area contributed by atoms with E-state index in [0.717, 1.165) is 0 Å². The summed E-state index contributed by atoms with van der Waals surface area (Å²) in [5.74, 6) is -1.43. The number of carbonyl (C=O) groups is 2.